The second kappa shape index (κ2) is 3.72. The van der Waals surface area contributed by atoms with Gasteiger partial charge in [0, 0.05) is 11.1 Å². The summed E-state index contributed by atoms with van der Waals surface area (Å²) in [6, 6.07) is 3.51. The van der Waals surface area contributed by atoms with Crippen molar-refractivity contribution in [2.24, 2.45) is 0 Å². The molecule has 4 nitrogen and oxygen atoms in total. The number of pyridine rings is 1. The van der Waals surface area contributed by atoms with Gasteiger partial charge >= 0.3 is 0 Å². The highest BCUT2D eigenvalue weighted by Crippen LogP contribution is 2.25. The van der Waals surface area contributed by atoms with E-state index in [0.717, 1.165) is 35.9 Å². The molecule has 16 heavy (non-hydrogen) atoms. The SMILES string of the molecule is C=CS(=O)(=O)c1nc2c(cc1C#N)CCC2. The van der Waals surface area contributed by atoms with Crippen molar-refractivity contribution in [1.82, 2.24) is 4.98 Å². The lowest BCUT2D eigenvalue weighted by molar-refractivity contribution is 0.600. The summed E-state index contributed by atoms with van der Waals surface area (Å²) in [5.74, 6) is 0. The van der Waals surface area contributed by atoms with Crippen LogP contribution in [-0.2, 0) is 22.7 Å². The minimum absolute atomic E-state index is 0.112. The number of fused-ring (bicyclic) bond motifs is 1. The van der Waals surface area contributed by atoms with E-state index in [-0.39, 0.29) is 10.6 Å². The molecule has 0 aromatic carbocycles. The van der Waals surface area contributed by atoms with Gasteiger partial charge < -0.3 is 0 Å². The van der Waals surface area contributed by atoms with E-state index < -0.39 is 9.84 Å². The number of hydrogen-bond donors (Lipinski definition) is 0. The molecule has 1 aromatic heterocycles. The average molecular weight is 234 g/mol. The molecule has 1 heterocycles. The van der Waals surface area contributed by atoms with Crippen LogP contribution in [0.5, 0.6) is 0 Å². The molecule has 0 unspecified atom stereocenters. The fourth-order valence-electron chi connectivity index (χ4n) is 1.83. The third-order valence-electron chi connectivity index (χ3n) is 2.63. The number of aryl methyl sites for hydroxylation is 2. The predicted molar refractivity (Wildman–Crippen MR) is 58.4 cm³/mol. The van der Waals surface area contributed by atoms with Gasteiger partial charge in [0.1, 0.15) is 6.07 Å². The smallest absolute Gasteiger partial charge is 0.217 e. The summed E-state index contributed by atoms with van der Waals surface area (Å²) in [5.41, 5.74) is 1.89. The Morgan fingerprint density at radius 2 is 2.25 bits per heavy atom. The summed E-state index contributed by atoms with van der Waals surface area (Å²) in [4.78, 5) is 4.08. The standard InChI is InChI=1S/C11H10N2O2S/c1-2-16(14,15)11-9(7-12)6-8-4-3-5-10(8)13-11/h2,6H,1,3-5H2. The molecule has 0 N–H and O–H groups in total. The summed E-state index contributed by atoms with van der Waals surface area (Å²) < 4.78 is 23.3. The molecule has 1 aliphatic carbocycles. The van der Waals surface area contributed by atoms with Gasteiger partial charge in [-0.05, 0) is 30.9 Å². The van der Waals surface area contributed by atoms with Crippen LogP contribution in [0.2, 0.25) is 0 Å². The molecule has 0 amide bonds. The van der Waals surface area contributed by atoms with Gasteiger partial charge in [0.2, 0.25) is 9.84 Å². The van der Waals surface area contributed by atoms with E-state index in [1.807, 2.05) is 6.07 Å². The van der Waals surface area contributed by atoms with E-state index in [1.165, 1.54) is 0 Å². The molecule has 0 aliphatic heterocycles. The molecule has 0 radical (unpaired) electrons. The highest BCUT2D eigenvalue weighted by molar-refractivity contribution is 7.94. The number of nitrogens with zero attached hydrogens (tertiary/aromatic N) is 2. The maximum atomic E-state index is 11.6. The highest BCUT2D eigenvalue weighted by Gasteiger charge is 2.22. The molecule has 0 saturated heterocycles. The number of hydrogen-bond acceptors (Lipinski definition) is 4. The van der Waals surface area contributed by atoms with E-state index in [1.54, 1.807) is 6.07 Å². The zero-order chi connectivity index (χ0) is 11.8. The second-order valence-electron chi connectivity index (χ2n) is 3.62. The van der Waals surface area contributed by atoms with Crippen LogP contribution >= 0.6 is 0 Å². The van der Waals surface area contributed by atoms with Crippen molar-refractivity contribution < 1.29 is 8.42 Å². The summed E-state index contributed by atoms with van der Waals surface area (Å²) >= 11 is 0. The number of aromatic nitrogens is 1. The fraction of sp³-hybridized carbons (Fsp3) is 0.273. The van der Waals surface area contributed by atoms with E-state index in [4.69, 9.17) is 5.26 Å². The molecule has 0 atom stereocenters. The quantitative estimate of drug-likeness (QED) is 0.774. The van der Waals surface area contributed by atoms with Gasteiger partial charge in [0.15, 0.2) is 5.03 Å². The van der Waals surface area contributed by atoms with Gasteiger partial charge in [-0.25, -0.2) is 13.4 Å². The van der Waals surface area contributed by atoms with Gasteiger partial charge in [-0.3, -0.25) is 0 Å². The third kappa shape index (κ3) is 1.61. The summed E-state index contributed by atoms with van der Waals surface area (Å²) in [7, 11) is -3.63. The molecule has 0 bridgehead atoms. The molecular weight excluding hydrogens is 224 g/mol. The minimum Gasteiger partial charge on any atom is -0.239 e. The van der Waals surface area contributed by atoms with Crippen LogP contribution in [0.4, 0.5) is 0 Å². The Morgan fingerprint density at radius 3 is 2.88 bits per heavy atom. The van der Waals surface area contributed by atoms with Crippen molar-refractivity contribution in [2.45, 2.75) is 24.3 Å². The van der Waals surface area contributed by atoms with Crippen LogP contribution < -0.4 is 0 Å². The second-order valence-corrected chi connectivity index (χ2v) is 5.43. The first kappa shape index (κ1) is 10.8. The predicted octanol–water partition coefficient (Wildman–Crippen LogP) is 1.36. The van der Waals surface area contributed by atoms with Crippen molar-refractivity contribution in [3.8, 4) is 6.07 Å². The Labute approximate surface area is 94.2 Å². The van der Waals surface area contributed by atoms with Crippen molar-refractivity contribution in [3.05, 3.63) is 34.9 Å². The zero-order valence-electron chi connectivity index (χ0n) is 8.60. The van der Waals surface area contributed by atoms with E-state index >= 15 is 0 Å². The van der Waals surface area contributed by atoms with E-state index in [0.29, 0.717) is 0 Å². The molecule has 1 aliphatic rings. The first-order valence-electron chi connectivity index (χ1n) is 4.89. The van der Waals surface area contributed by atoms with Crippen LogP contribution in [0.3, 0.4) is 0 Å². The molecular formula is C11H10N2O2S. The molecule has 5 heteroatoms. The van der Waals surface area contributed by atoms with Gasteiger partial charge in [0.25, 0.3) is 0 Å². The lowest BCUT2D eigenvalue weighted by Crippen LogP contribution is -2.05. The van der Waals surface area contributed by atoms with E-state index in [2.05, 4.69) is 11.6 Å². The summed E-state index contributed by atoms with van der Waals surface area (Å²) in [6.07, 6.45) is 2.61. The van der Waals surface area contributed by atoms with Crippen LogP contribution in [-0.4, -0.2) is 13.4 Å². The van der Waals surface area contributed by atoms with Crippen molar-refractivity contribution >= 4 is 9.84 Å². The average Bonchev–Trinajstić information content (AvgIpc) is 2.74. The fourth-order valence-corrected chi connectivity index (χ4v) is 2.64. The van der Waals surface area contributed by atoms with Crippen molar-refractivity contribution in [3.63, 3.8) is 0 Å². The number of sulfone groups is 1. The maximum Gasteiger partial charge on any atom is 0.217 e. The molecule has 0 spiro atoms. The molecule has 0 saturated carbocycles. The summed E-state index contributed by atoms with van der Waals surface area (Å²) in [6.45, 7) is 3.24. The van der Waals surface area contributed by atoms with Gasteiger partial charge in [-0.2, -0.15) is 5.26 Å². The lowest BCUT2D eigenvalue weighted by Gasteiger charge is -2.04. The number of rotatable bonds is 2. The first-order chi connectivity index (χ1) is 7.58. The Morgan fingerprint density at radius 1 is 1.50 bits per heavy atom. The Bertz CT molecular complexity index is 597. The number of nitriles is 1. The Balaban J connectivity index is 2.72. The largest absolute Gasteiger partial charge is 0.239 e. The topological polar surface area (TPSA) is 70.8 Å². The normalized spacial score (nSPS) is 14.2. The van der Waals surface area contributed by atoms with Crippen molar-refractivity contribution in [1.29, 1.82) is 5.26 Å². The van der Waals surface area contributed by atoms with Crippen LogP contribution in [0, 0.1) is 11.3 Å². The third-order valence-corrected chi connectivity index (χ3v) is 3.91. The van der Waals surface area contributed by atoms with Gasteiger partial charge in [-0.1, -0.05) is 6.58 Å². The first-order valence-corrected chi connectivity index (χ1v) is 6.43. The molecule has 0 fully saturated rings. The minimum atomic E-state index is -3.63. The van der Waals surface area contributed by atoms with E-state index in [9.17, 15) is 8.42 Å². The van der Waals surface area contributed by atoms with Gasteiger partial charge in [0.05, 0.1) is 5.56 Å². The monoisotopic (exact) mass is 234 g/mol. The molecule has 2 rings (SSSR count). The molecule has 82 valence electrons. The van der Waals surface area contributed by atoms with Crippen LogP contribution in [0.25, 0.3) is 0 Å². The maximum absolute atomic E-state index is 11.6. The van der Waals surface area contributed by atoms with Gasteiger partial charge in [-0.15, -0.1) is 0 Å². The van der Waals surface area contributed by atoms with Crippen molar-refractivity contribution in [2.75, 3.05) is 0 Å². The lowest BCUT2D eigenvalue weighted by atomic mass is 10.2. The highest BCUT2D eigenvalue weighted by atomic mass is 32.2. The van der Waals surface area contributed by atoms with Crippen LogP contribution in [0.15, 0.2) is 23.1 Å². The molecule has 1 aromatic rings. The Hall–Kier alpha value is -1.67. The summed E-state index contributed by atoms with van der Waals surface area (Å²) in [5, 5.41) is 9.59. The zero-order valence-corrected chi connectivity index (χ0v) is 9.42. The van der Waals surface area contributed by atoms with Crippen LogP contribution in [0.1, 0.15) is 23.2 Å². The Kier molecular flexibility index (Phi) is 2.52.